The smallest absolute Gasteiger partial charge is 0.326 e. The van der Waals surface area contributed by atoms with Gasteiger partial charge in [-0.3, -0.25) is 4.79 Å². The molecule has 6 nitrogen and oxygen atoms in total. The fourth-order valence-corrected chi connectivity index (χ4v) is 2.62. The Bertz CT molecular complexity index is 551. The molecule has 23 heavy (non-hydrogen) atoms. The van der Waals surface area contributed by atoms with Crippen LogP contribution in [-0.4, -0.2) is 40.3 Å². The summed E-state index contributed by atoms with van der Waals surface area (Å²) in [5.74, 6) is -1.79. The van der Waals surface area contributed by atoms with E-state index in [1.165, 1.54) is 0 Å². The maximum atomic E-state index is 12.0. The standard InChI is InChI=1S/C16H23BrN2O4/c1-9(2)7-13(16(22)23)19-15(21)14(20)12(18)8-10-5-3-4-6-11(10)17/h3-6,9,12-14,20H,7-8,18H2,1-2H3,(H,19,21)(H,22,23)/t12-,13+,14+/m1/s1. The van der Waals surface area contributed by atoms with Crippen LogP contribution in [0.3, 0.4) is 0 Å². The number of halogens is 1. The summed E-state index contributed by atoms with van der Waals surface area (Å²) >= 11 is 3.38. The van der Waals surface area contributed by atoms with Crippen LogP contribution in [0.2, 0.25) is 0 Å². The number of rotatable bonds is 8. The predicted molar refractivity (Wildman–Crippen MR) is 90.8 cm³/mol. The summed E-state index contributed by atoms with van der Waals surface area (Å²) in [6.45, 7) is 3.72. The Morgan fingerprint density at radius 2 is 1.91 bits per heavy atom. The number of carbonyl (C=O) groups excluding carboxylic acids is 1. The zero-order chi connectivity index (χ0) is 17.6. The molecule has 1 aromatic rings. The Labute approximate surface area is 144 Å². The largest absolute Gasteiger partial charge is 0.480 e. The number of amides is 1. The molecule has 5 N–H and O–H groups in total. The van der Waals surface area contributed by atoms with Crippen molar-refractivity contribution in [1.29, 1.82) is 0 Å². The Balaban J connectivity index is 2.67. The number of aliphatic hydroxyl groups is 1. The lowest BCUT2D eigenvalue weighted by molar-refractivity contribution is -0.144. The molecule has 0 unspecified atom stereocenters. The van der Waals surface area contributed by atoms with Gasteiger partial charge in [0.15, 0.2) is 0 Å². The summed E-state index contributed by atoms with van der Waals surface area (Å²) in [5.41, 5.74) is 6.76. The Morgan fingerprint density at radius 3 is 2.43 bits per heavy atom. The first-order valence-electron chi connectivity index (χ1n) is 7.42. The Hall–Kier alpha value is -1.44. The van der Waals surface area contributed by atoms with Gasteiger partial charge >= 0.3 is 5.97 Å². The molecule has 0 spiro atoms. The molecular weight excluding hydrogens is 364 g/mol. The molecule has 0 saturated carbocycles. The number of carboxylic acid groups (broad SMARTS) is 1. The van der Waals surface area contributed by atoms with Gasteiger partial charge in [-0.2, -0.15) is 0 Å². The molecule has 7 heteroatoms. The normalized spacial score (nSPS) is 15.0. The van der Waals surface area contributed by atoms with Crippen LogP contribution in [0.25, 0.3) is 0 Å². The molecule has 128 valence electrons. The Kier molecular flexibility index (Phi) is 7.67. The molecule has 0 radical (unpaired) electrons. The van der Waals surface area contributed by atoms with Crippen LogP contribution in [0.4, 0.5) is 0 Å². The SMILES string of the molecule is CC(C)C[C@H](NC(=O)[C@@H](O)[C@H](N)Cc1ccccc1Br)C(=O)O. The number of nitrogens with one attached hydrogen (secondary N) is 1. The van der Waals surface area contributed by atoms with Gasteiger partial charge in [0.25, 0.3) is 5.91 Å². The zero-order valence-corrected chi connectivity index (χ0v) is 14.8. The van der Waals surface area contributed by atoms with E-state index in [1.54, 1.807) is 0 Å². The first kappa shape index (κ1) is 19.6. The number of aliphatic hydroxyl groups excluding tert-OH is 1. The summed E-state index contributed by atoms with van der Waals surface area (Å²) in [4.78, 5) is 23.2. The first-order valence-corrected chi connectivity index (χ1v) is 8.22. The zero-order valence-electron chi connectivity index (χ0n) is 13.2. The van der Waals surface area contributed by atoms with Gasteiger partial charge in [-0.1, -0.05) is 48.0 Å². The van der Waals surface area contributed by atoms with Crippen LogP contribution < -0.4 is 11.1 Å². The summed E-state index contributed by atoms with van der Waals surface area (Å²) < 4.78 is 0.839. The number of benzene rings is 1. The minimum Gasteiger partial charge on any atom is -0.480 e. The van der Waals surface area contributed by atoms with Crippen LogP contribution in [0.5, 0.6) is 0 Å². The highest BCUT2D eigenvalue weighted by molar-refractivity contribution is 9.10. The molecule has 0 aliphatic carbocycles. The van der Waals surface area contributed by atoms with Crippen molar-refractivity contribution in [3.63, 3.8) is 0 Å². The van der Waals surface area contributed by atoms with Gasteiger partial charge < -0.3 is 21.3 Å². The quantitative estimate of drug-likeness (QED) is 0.537. The number of aliphatic carboxylic acids is 1. The molecule has 1 amide bonds. The van der Waals surface area contributed by atoms with Crippen molar-refractivity contribution < 1.29 is 19.8 Å². The van der Waals surface area contributed by atoms with Crippen LogP contribution >= 0.6 is 15.9 Å². The van der Waals surface area contributed by atoms with E-state index in [0.29, 0.717) is 0 Å². The van der Waals surface area contributed by atoms with Crippen molar-refractivity contribution in [3.05, 3.63) is 34.3 Å². The van der Waals surface area contributed by atoms with E-state index >= 15 is 0 Å². The third-order valence-electron chi connectivity index (χ3n) is 3.41. The number of hydrogen-bond acceptors (Lipinski definition) is 4. The molecule has 0 saturated heterocycles. The average molecular weight is 387 g/mol. The molecular formula is C16H23BrN2O4. The van der Waals surface area contributed by atoms with Crippen LogP contribution in [-0.2, 0) is 16.0 Å². The number of hydrogen-bond donors (Lipinski definition) is 4. The topological polar surface area (TPSA) is 113 Å². The predicted octanol–water partition coefficient (Wildman–Crippen LogP) is 1.30. The molecule has 0 bridgehead atoms. The molecule has 1 rings (SSSR count). The van der Waals surface area contributed by atoms with Gasteiger partial charge in [-0.25, -0.2) is 4.79 Å². The van der Waals surface area contributed by atoms with Gasteiger partial charge in [0.2, 0.25) is 0 Å². The van der Waals surface area contributed by atoms with Crippen molar-refractivity contribution in [2.75, 3.05) is 0 Å². The molecule has 0 heterocycles. The molecule has 0 fully saturated rings. The number of carbonyl (C=O) groups is 2. The lowest BCUT2D eigenvalue weighted by Gasteiger charge is -2.22. The third-order valence-corrected chi connectivity index (χ3v) is 4.18. The second kappa shape index (κ2) is 9.00. The van der Waals surface area contributed by atoms with Gasteiger partial charge in [0.1, 0.15) is 12.1 Å². The molecule has 1 aromatic carbocycles. The van der Waals surface area contributed by atoms with Gasteiger partial charge in [-0.15, -0.1) is 0 Å². The lowest BCUT2D eigenvalue weighted by Crippen LogP contribution is -2.52. The minimum atomic E-state index is -1.48. The number of carboxylic acids is 1. The highest BCUT2D eigenvalue weighted by Crippen LogP contribution is 2.18. The van der Waals surface area contributed by atoms with Crippen LogP contribution in [0, 0.1) is 5.92 Å². The fraction of sp³-hybridized carbons (Fsp3) is 0.500. The average Bonchev–Trinajstić information content (AvgIpc) is 2.47. The summed E-state index contributed by atoms with van der Waals surface area (Å²) in [5, 5.41) is 21.5. The molecule has 0 aliphatic heterocycles. The van der Waals surface area contributed by atoms with Crippen LogP contribution in [0.15, 0.2) is 28.7 Å². The lowest BCUT2D eigenvalue weighted by atomic mass is 10.00. The highest BCUT2D eigenvalue weighted by Gasteiger charge is 2.28. The summed E-state index contributed by atoms with van der Waals surface area (Å²) in [6, 6.07) is 5.51. The van der Waals surface area contributed by atoms with E-state index < -0.39 is 30.1 Å². The van der Waals surface area contributed by atoms with Crippen molar-refractivity contribution >= 4 is 27.8 Å². The van der Waals surface area contributed by atoms with Gasteiger partial charge in [0, 0.05) is 10.5 Å². The number of nitrogens with two attached hydrogens (primary N) is 1. The van der Waals surface area contributed by atoms with E-state index in [-0.39, 0.29) is 18.8 Å². The Morgan fingerprint density at radius 1 is 1.30 bits per heavy atom. The third kappa shape index (κ3) is 6.29. The van der Waals surface area contributed by atoms with E-state index in [4.69, 9.17) is 10.8 Å². The first-order chi connectivity index (χ1) is 10.7. The van der Waals surface area contributed by atoms with E-state index in [2.05, 4.69) is 21.2 Å². The molecule has 0 aliphatic rings. The monoisotopic (exact) mass is 386 g/mol. The maximum Gasteiger partial charge on any atom is 0.326 e. The van der Waals surface area contributed by atoms with Crippen molar-refractivity contribution in [2.24, 2.45) is 11.7 Å². The molecule has 0 aromatic heterocycles. The van der Waals surface area contributed by atoms with Crippen molar-refractivity contribution in [1.82, 2.24) is 5.32 Å². The second-order valence-electron chi connectivity index (χ2n) is 5.93. The van der Waals surface area contributed by atoms with Crippen LogP contribution in [0.1, 0.15) is 25.8 Å². The molecule has 3 atom stereocenters. The summed E-state index contributed by atoms with van der Waals surface area (Å²) in [6.07, 6.45) is -0.901. The van der Waals surface area contributed by atoms with E-state index in [0.717, 1.165) is 10.0 Å². The van der Waals surface area contributed by atoms with Crippen molar-refractivity contribution in [3.8, 4) is 0 Å². The van der Waals surface area contributed by atoms with E-state index in [1.807, 2.05) is 38.1 Å². The van der Waals surface area contributed by atoms with Gasteiger partial charge in [0.05, 0.1) is 0 Å². The fourth-order valence-electron chi connectivity index (χ4n) is 2.17. The van der Waals surface area contributed by atoms with E-state index in [9.17, 15) is 14.7 Å². The van der Waals surface area contributed by atoms with Gasteiger partial charge in [-0.05, 0) is 30.4 Å². The second-order valence-corrected chi connectivity index (χ2v) is 6.79. The minimum absolute atomic E-state index is 0.0995. The highest BCUT2D eigenvalue weighted by atomic mass is 79.9. The summed E-state index contributed by atoms with van der Waals surface area (Å²) in [7, 11) is 0. The maximum absolute atomic E-state index is 12.0. The van der Waals surface area contributed by atoms with Crippen molar-refractivity contribution in [2.45, 2.75) is 44.9 Å².